The molecule has 0 saturated heterocycles. The summed E-state index contributed by atoms with van der Waals surface area (Å²) in [6.45, 7) is 15.2. The van der Waals surface area contributed by atoms with Crippen molar-refractivity contribution in [1.29, 1.82) is 0 Å². The number of benzene rings is 1. The molecule has 1 rings (SSSR count). The summed E-state index contributed by atoms with van der Waals surface area (Å²) in [5, 5.41) is 1.56. The Balaban J connectivity index is 2.57. The molecule has 0 atom stereocenters. The van der Waals surface area contributed by atoms with Crippen molar-refractivity contribution < 1.29 is 0 Å². The van der Waals surface area contributed by atoms with E-state index in [0.717, 1.165) is 13.1 Å². The molecule has 1 nitrogen and oxygen atoms in total. The predicted molar refractivity (Wildman–Crippen MR) is 80.9 cm³/mol. The van der Waals surface area contributed by atoms with Gasteiger partial charge in [-0.25, -0.2) is 0 Å². The summed E-state index contributed by atoms with van der Waals surface area (Å²) >= 11 is 0. The molecule has 1 aromatic carbocycles. The van der Waals surface area contributed by atoms with Crippen molar-refractivity contribution >= 4 is 13.3 Å². The van der Waals surface area contributed by atoms with E-state index >= 15 is 0 Å². The molecule has 0 aliphatic carbocycles. The lowest BCUT2D eigenvalue weighted by Gasteiger charge is -2.19. The van der Waals surface area contributed by atoms with E-state index in [9.17, 15) is 0 Å². The van der Waals surface area contributed by atoms with Crippen molar-refractivity contribution in [1.82, 2.24) is 4.90 Å². The number of likely N-dealkylation sites (N-methyl/N-ethyl adjacent to an activating group) is 1. The number of hydrogen-bond acceptors (Lipinski definition) is 1. The van der Waals surface area contributed by atoms with Gasteiger partial charge in [0.1, 0.15) is 0 Å². The summed E-state index contributed by atoms with van der Waals surface area (Å²) < 4.78 is 0. The van der Waals surface area contributed by atoms with Gasteiger partial charge in [0.25, 0.3) is 0 Å². The van der Waals surface area contributed by atoms with Gasteiger partial charge in [-0.05, 0) is 25.1 Å². The van der Waals surface area contributed by atoms with E-state index in [1.165, 1.54) is 18.5 Å². The number of nitrogens with zero attached hydrogens (tertiary/aromatic N) is 1. The Kier molecular flexibility index (Phi) is 5.41. The van der Waals surface area contributed by atoms with Crippen molar-refractivity contribution in [2.45, 2.75) is 39.9 Å². The van der Waals surface area contributed by atoms with Crippen LogP contribution < -0.4 is 5.19 Å². The van der Waals surface area contributed by atoms with Gasteiger partial charge >= 0.3 is 0 Å². The van der Waals surface area contributed by atoms with Gasteiger partial charge < -0.3 is 4.90 Å². The van der Waals surface area contributed by atoms with Crippen LogP contribution in [0.2, 0.25) is 19.6 Å². The first kappa shape index (κ1) is 14.5. The largest absolute Gasteiger partial charge is 0.304 e. The predicted octanol–water partition coefficient (Wildman–Crippen LogP) is 3.12. The third-order valence-electron chi connectivity index (χ3n) is 3.43. The Morgan fingerprint density at radius 3 is 1.88 bits per heavy atom. The lowest BCUT2D eigenvalue weighted by molar-refractivity contribution is 0.308. The van der Waals surface area contributed by atoms with Crippen LogP contribution in [0.5, 0.6) is 0 Å². The number of hydrogen-bond donors (Lipinski definition) is 0. The quantitative estimate of drug-likeness (QED) is 0.700. The van der Waals surface area contributed by atoms with Crippen LogP contribution in [0.4, 0.5) is 0 Å². The van der Waals surface area contributed by atoms with Gasteiger partial charge in [-0.15, -0.1) is 0 Å². The normalized spacial score (nSPS) is 12.1. The van der Waals surface area contributed by atoms with Crippen LogP contribution in [-0.4, -0.2) is 32.6 Å². The van der Waals surface area contributed by atoms with Crippen molar-refractivity contribution in [3.05, 3.63) is 29.8 Å². The van der Waals surface area contributed by atoms with E-state index in [1.807, 2.05) is 0 Å². The van der Waals surface area contributed by atoms with Crippen LogP contribution in [0, 0.1) is 0 Å². The minimum atomic E-state index is -1.13. The minimum absolute atomic E-state index is 1.13. The van der Waals surface area contributed by atoms with Crippen LogP contribution >= 0.6 is 0 Å². The van der Waals surface area contributed by atoms with Gasteiger partial charge in [-0.3, -0.25) is 0 Å². The molecule has 0 heterocycles. The Bertz CT molecular complexity index is 320. The van der Waals surface area contributed by atoms with Crippen molar-refractivity contribution in [3.63, 3.8) is 0 Å². The highest BCUT2D eigenvalue weighted by atomic mass is 28.3. The average molecular weight is 249 g/mol. The maximum absolute atomic E-state index is 2.48. The molecule has 1 aromatic rings. The second-order valence-corrected chi connectivity index (χ2v) is 10.8. The fourth-order valence-electron chi connectivity index (χ4n) is 2.00. The van der Waals surface area contributed by atoms with E-state index in [1.54, 1.807) is 5.19 Å². The van der Waals surface area contributed by atoms with Gasteiger partial charge in [0.05, 0.1) is 8.07 Å². The molecule has 2 heteroatoms. The number of rotatable bonds is 6. The molecule has 0 N–H and O–H groups in total. The first-order valence-corrected chi connectivity index (χ1v) is 10.3. The fourth-order valence-corrected chi connectivity index (χ4v) is 3.17. The zero-order chi connectivity index (χ0) is 12.9. The van der Waals surface area contributed by atoms with E-state index in [-0.39, 0.29) is 0 Å². The Morgan fingerprint density at radius 2 is 1.47 bits per heavy atom. The van der Waals surface area contributed by atoms with E-state index < -0.39 is 8.07 Å². The lowest BCUT2D eigenvalue weighted by Crippen LogP contribution is -2.37. The lowest BCUT2D eigenvalue weighted by atomic mass is 10.1. The molecule has 17 heavy (non-hydrogen) atoms. The highest BCUT2D eigenvalue weighted by Gasteiger charge is 2.15. The average Bonchev–Trinajstić information content (AvgIpc) is 2.30. The van der Waals surface area contributed by atoms with E-state index in [4.69, 9.17) is 0 Å². The summed E-state index contributed by atoms with van der Waals surface area (Å²) in [5.41, 5.74) is 1.47. The van der Waals surface area contributed by atoms with Crippen LogP contribution in [0.1, 0.15) is 19.4 Å². The smallest absolute Gasteiger partial charge is 0.0775 e. The summed E-state index contributed by atoms with van der Waals surface area (Å²) in [6, 6.07) is 9.31. The highest BCUT2D eigenvalue weighted by Crippen LogP contribution is 2.06. The maximum atomic E-state index is 2.48. The summed E-state index contributed by atoms with van der Waals surface area (Å²) in [4.78, 5) is 2.48. The SMILES string of the molecule is CCN(CC)CCc1ccc([Si](C)(C)C)cc1. The second-order valence-electron chi connectivity index (χ2n) is 5.72. The van der Waals surface area contributed by atoms with Gasteiger partial charge in [0.2, 0.25) is 0 Å². The molecule has 0 bridgehead atoms. The van der Waals surface area contributed by atoms with Crippen LogP contribution in [0.3, 0.4) is 0 Å². The van der Waals surface area contributed by atoms with Crippen LogP contribution in [-0.2, 0) is 6.42 Å². The Morgan fingerprint density at radius 1 is 0.941 bits per heavy atom. The van der Waals surface area contributed by atoms with Crippen molar-refractivity contribution in [2.75, 3.05) is 19.6 Å². The maximum Gasteiger partial charge on any atom is 0.0775 e. The molecular weight excluding hydrogens is 222 g/mol. The topological polar surface area (TPSA) is 3.24 Å². The molecule has 0 fully saturated rings. The first-order chi connectivity index (χ1) is 7.97. The molecule has 0 aromatic heterocycles. The van der Waals surface area contributed by atoms with Gasteiger partial charge in [0.15, 0.2) is 0 Å². The van der Waals surface area contributed by atoms with E-state index in [0.29, 0.717) is 0 Å². The Labute approximate surface area is 108 Å². The summed E-state index contributed by atoms with van der Waals surface area (Å²) in [5.74, 6) is 0. The monoisotopic (exact) mass is 249 g/mol. The molecular formula is C15H27NSi. The molecule has 0 aliphatic heterocycles. The third kappa shape index (κ3) is 4.64. The summed E-state index contributed by atoms with van der Waals surface area (Å²) in [7, 11) is -1.13. The molecule has 0 radical (unpaired) electrons. The molecule has 0 spiro atoms. The van der Waals surface area contributed by atoms with Crippen molar-refractivity contribution in [3.8, 4) is 0 Å². The highest BCUT2D eigenvalue weighted by molar-refractivity contribution is 6.88. The minimum Gasteiger partial charge on any atom is -0.304 e. The van der Waals surface area contributed by atoms with Crippen molar-refractivity contribution in [2.24, 2.45) is 0 Å². The zero-order valence-corrected chi connectivity index (χ0v) is 13.1. The Hall–Kier alpha value is -0.603. The van der Waals surface area contributed by atoms with E-state index in [2.05, 4.69) is 62.7 Å². The van der Waals surface area contributed by atoms with Gasteiger partial charge in [-0.1, -0.05) is 62.9 Å². The molecule has 0 aliphatic rings. The molecule has 0 unspecified atom stereocenters. The zero-order valence-electron chi connectivity index (χ0n) is 12.1. The molecule has 0 amide bonds. The summed E-state index contributed by atoms with van der Waals surface area (Å²) in [6.07, 6.45) is 1.17. The van der Waals surface area contributed by atoms with Crippen LogP contribution in [0.15, 0.2) is 24.3 Å². The second kappa shape index (κ2) is 6.36. The third-order valence-corrected chi connectivity index (χ3v) is 5.50. The van der Waals surface area contributed by atoms with Gasteiger partial charge in [-0.2, -0.15) is 0 Å². The fraction of sp³-hybridized carbons (Fsp3) is 0.600. The molecule has 96 valence electrons. The standard InChI is InChI=1S/C15H27NSi/c1-6-16(7-2)13-12-14-8-10-15(11-9-14)17(3,4)5/h8-11H,6-7,12-13H2,1-5H3. The first-order valence-electron chi connectivity index (χ1n) is 6.79. The van der Waals surface area contributed by atoms with Crippen LogP contribution in [0.25, 0.3) is 0 Å². The van der Waals surface area contributed by atoms with Gasteiger partial charge in [0, 0.05) is 6.54 Å². The molecule has 0 saturated carbocycles.